The number of benzene rings is 2. The molecule has 31 heavy (non-hydrogen) atoms. The van der Waals surface area contributed by atoms with E-state index in [1.54, 1.807) is 17.7 Å². The molecule has 1 atom stereocenters. The van der Waals surface area contributed by atoms with Crippen LogP contribution in [0.2, 0.25) is 0 Å². The maximum atomic E-state index is 11.4. The van der Waals surface area contributed by atoms with Crippen molar-refractivity contribution in [1.29, 1.82) is 0 Å². The molecule has 1 unspecified atom stereocenters. The lowest BCUT2D eigenvalue weighted by Crippen LogP contribution is -2.36. The van der Waals surface area contributed by atoms with Gasteiger partial charge < -0.3 is 0 Å². The van der Waals surface area contributed by atoms with E-state index in [9.17, 15) is 10.1 Å². The van der Waals surface area contributed by atoms with Gasteiger partial charge in [0.15, 0.2) is 0 Å². The van der Waals surface area contributed by atoms with Gasteiger partial charge in [-0.05, 0) is 73.3 Å². The van der Waals surface area contributed by atoms with E-state index in [4.69, 9.17) is 0 Å². The van der Waals surface area contributed by atoms with Crippen LogP contribution >= 0.6 is 0 Å². The molecular formula is C27H32N2O2. The highest BCUT2D eigenvalue weighted by Gasteiger charge is 2.23. The lowest BCUT2D eigenvalue weighted by atomic mass is 9.91. The summed E-state index contributed by atoms with van der Waals surface area (Å²) in [5.41, 5.74) is 6.23. The van der Waals surface area contributed by atoms with E-state index in [1.807, 2.05) is 36.4 Å². The summed E-state index contributed by atoms with van der Waals surface area (Å²) in [6, 6.07) is 16.0. The molecule has 4 rings (SSSR count). The molecule has 0 fully saturated rings. The van der Waals surface area contributed by atoms with Crippen molar-refractivity contribution < 1.29 is 4.92 Å². The van der Waals surface area contributed by atoms with Gasteiger partial charge in [0, 0.05) is 31.3 Å². The fraction of sp³-hybridized carbons (Fsp3) is 0.407. The average molecular weight is 417 g/mol. The molecule has 0 saturated carbocycles. The molecule has 4 heteroatoms. The number of allylic oxidation sites excluding steroid dienone is 2. The van der Waals surface area contributed by atoms with Gasteiger partial charge in [-0.25, -0.2) is 0 Å². The maximum Gasteiger partial charge on any atom is 0.270 e. The van der Waals surface area contributed by atoms with Crippen molar-refractivity contribution in [3.63, 3.8) is 0 Å². The largest absolute Gasteiger partial charge is 0.300 e. The van der Waals surface area contributed by atoms with Crippen LogP contribution in [0.4, 0.5) is 5.69 Å². The number of nitro groups is 1. The number of hydrogen-bond acceptors (Lipinski definition) is 3. The summed E-state index contributed by atoms with van der Waals surface area (Å²) in [6.07, 6.45) is 12.8. The van der Waals surface area contributed by atoms with E-state index >= 15 is 0 Å². The molecular weight excluding hydrogens is 384 g/mol. The molecule has 0 N–H and O–H groups in total. The SMILES string of the molecule is CCC1=CCCN(C2CCC=C(c3ccc([N+](=O)[O-])cc3-c3ccccc3)CC2)CC1. The molecule has 2 aromatic rings. The van der Waals surface area contributed by atoms with Crippen LogP contribution in [0.5, 0.6) is 0 Å². The number of non-ortho nitro benzene ring substituents is 1. The third kappa shape index (κ3) is 5.13. The summed E-state index contributed by atoms with van der Waals surface area (Å²) in [5, 5.41) is 11.4. The van der Waals surface area contributed by atoms with Crippen molar-refractivity contribution in [2.24, 2.45) is 0 Å². The zero-order chi connectivity index (χ0) is 21.6. The molecule has 0 saturated heterocycles. The Balaban J connectivity index is 1.54. The zero-order valence-electron chi connectivity index (χ0n) is 18.4. The van der Waals surface area contributed by atoms with Gasteiger partial charge in [0.05, 0.1) is 4.92 Å². The first-order valence-corrected chi connectivity index (χ1v) is 11.6. The van der Waals surface area contributed by atoms with Crippen LogP contribution in [0.1, 0.15) is 57.4 Å². The molecule has 0 spiro atoms. The Bertz CT molecular complexity index is 978. The molecule has 0 amide bonds. The molecule has 2 aliphatic rings. The average Bonchev–Trinajstić information content (AvgIpc) is 3.20. The standard InChI is InChI=1S/C27H32N2O2/c1-2-21-8-7-18-28(19-17-21)24-12-6-11-23(13-14-24)26-16-15-25(29(30)31)20-27(26)22-9-4-3-5-10-22/h3-5,8-11,15-16,20,24H,2,6-7,12-14,17-19H2,1H3. The smallest absolute Gasteiger partial charge is 0.270 e. The normalized spacial score (nSPS) is 20.4. The summed E-state index contributed by atoms with van der Waals surface area (Å²) in [6.45, 7) is 4.60. The van der Waals surface area contributed by atoms with E-state index in [0.717, 1.165) is 42.5 Å². The zero-order valence-corrected chi connectivity index (χ0v) is 18.4. The van der Waals surface area contributed by atoms with Gasteiger partial charge in [-0.15, -0.1) is 0 Å². The van der Waals surface area contributed by atoms with Crippen molar-refractivity contribution in [1.82, 2.24) is 4.90 Å². The lowest BCUT2D eigenvalue weighted by molar-refractivity contribution is -0.384. The van der Waals surface area contributed by atoms with E-state index in [-0.39, 0.29) is 10.6 Å². The van der Waals surface area contributed by atoms with Crippen LogP contribution in [0.25, 0.3) is 16.7 Å². The van der Waals surface area contributed by atoms with E-state index < -0.39 is 0 Å². The molecule has 1 heterocycles. The Hall–Kier alpha value is -2.72. The third-order valence-corrected chi connectivity index (χ3v) is 6.82. The van der Waals surface area contributed by atoms with Gasteiger partial charge in [0.1, 0.15) is 0 Å². The van der Waals surface area contributed by atoms with Crippen LogP contribution < -0.4 is 0 Å². The fourth-order valence-electron chi connectivity index (χ4n) is 5.03. The molecule has 2 aromatic carbocycles. The monoisotopic (exact) mass is 416 g/mol. The minimum Gasteiger partial charge on any atom is -0.300 e. The van der Waals surface area contributed by atoms with Crippen LogP contribution in [-0.4, -0.2) is 29.0 Å². The van der Waals surface area contributed by atoms with Gasteiger partial charge in [-0.2, -0.15) is 0 Å². The second kappa shape index (κ2) is 10.1. The lowest BCUT2D eigenvalue weighted by Gasteiger charge is -2.30. The van der Waals surface area contributed by atoms with Crippen molar-refractivity contribution >= 4 is 11.3 Å². The molecule has 1 aliphatic carbocycles. The van der Waals surface area contributed by atoms with Crippen molar-refractivity contribution in [3.05, 3.63) is 81.9 Å². The Morgan fingerprint density at radius 1 is 0.968 bits per heavy atom. The van der Waals surface area contributed by atoms with Crippen LogP contribution in [-0.2, 0) is 0 Å². The minimum absolute atomic E-state index is 0.151. The van der Waals surface area contributed by atoms with Crippen LogP contribution in [0, 0.1) is 10.1 Å². The summed E-state index contributed by atoms with van der Waals surface area (Å²) in [5.74, 6) is 0. The Kier molecular flexibility index (Phi) is 6.98. The van der Waals surface area contributed by atoms with Gasteiger partial charge in [-0.3, -0.25) is 15.0 Å². The second-order valence-corrected chi connectivity index (χ2v) is 8.64. The minimum atomic E-state index is -0.300. The topological polar surface area (TPSA) is 46.4 Å². The number of rotatable bonds is 5. The van der Waals surface area contributed by atoms with E-state index in [0.29, 0.717) is 6.04 Å². The molecule has 0 aromatic heterocycles. The first-order valence-electron chi connectivity index (χ1n) is 11.6. The quantitative estimate of drug-likeness (QED) is 0.299. The summed E-state index contributed by atoms with van der Waals surface area (Å²) < 4.78 is 0. The Labute approximate surface area is 185 Å². The second-order valence-electron chi connectivity index (χ2n) is 8.64. The summed E-state index contributed by atoms with van der Waals surface area (Å²) >= 11 is 0. The third-order valence-electron chi connectivity index (χ3n) is 6.82. The maximum absolute atomic E-state index is 11.4. The van der Waals surface area contributed by atoms with E-state index in [2.05, 4.69) is 24.0 Å². The summed E-state index contributed by atoms with van der Waals surface area (Å²) in [4.78, 5) is 13.8. The predicted octanol–water partition coefficient (Wildman–Crippen LogP) is 7.02. The molecule has 162 valence electrons. The van der Waals surface area contributed by atoms with Crippen LogP contribution in [0.3, 0.4) is 0 Å². The van der Waals surface area contributed by atoms with Gasteiger partial charge >= 0.3 is 0 Å². The highest BCUT2D eigenvalue weighted by molar-refractivity contribution is 5.83. The predicted molar refractivity (Wildman–Crippen MR) is 128 cm³/mol. The van der Waals surface area contributed by atoms with Gasteiger partial charge in [0.2, 0.25) is 0 Å². The first-order chi connectivity index (χ1) is 15.2. The molecule has 0 bridgehead atoms. The van der Waals surface area contributed by atoms with Crippen molar-refractivity contribution in [2.75, 3.05) is 13.1 Å². The Morgan fingerprint density at radius 2 is 1.81 bits per heavy atom. The molecule has 0 radical (unpaired) electrons. The highest BCUT2D eigenvalue weighted by atomic mass is 16.6. The number of nitro benzene ring substituents is 1. The first kappa shape index (κ1) is 21.5. The number of nitrogens with zero attached hydrogens (tertiary/aromatic N) is 2. The highest BCUT2D eigenvalue weighted by Crippen LogP contribution is 2.37. The van der Waals surface area contributed by atoms with Gasteiger partial charge in [0.25, 0.3) is 5.69 Å². The van der Waals surface area contributed by atoms with Crippen molar-refractivity contribution in [2.45, 2.75) is 57.9 Å². The fourth-order valence-corrected chi connectivity index (χ4v) is 5.03. The molecule has 4 nitrogen and oxygen atoms in total. The summed E-state index contributed by atoms with van der Waals surface area (Å²) in [7, 11) is 0. The number of hydrogen-bond donors (Lipinski definition) is 0. The van der Waals surface area contributed by atoms with Crippen LogP contribution in [0.15, 0.2) is 66.3 Å². The van der Waals surface area contributed by atoms with Crippen molar-refractivity contribution in [3.8, 4) is 11.1 Å². The molecule has 1 aliphatic heterocycles. The Morgan fingerprint density at radius 3 is 2.58 bits per heavy atom. The van der Waals surface area contributed by atoms with E-state index in [1.165, 1.54) is 37.8 Å². The van der Waals surface area contributed by atoms with Gasteiger partial charge in [-0.1, -0.05) is 55.0 Å².